The van der Waals surface area contributed by atoms with Crippen LogP contribution in [0.1, 0.15) is 151 Å². The topological polar surface area (TPSA) is 0 Å². The number of hydrogen-bond acceptors (Lipinski definition) is 0. The molecule has 0 saturated carbocycles. The van der Waals surface area contributed by atoms with Gasteiger partial charge in [0.1, 0.15) is 0 Å². The molecule has 0 aliphatic rings. The van der Waals surface area contributed by atoms with Crippen molar-refractivity contribution in [2.75, 3.05) is 0 Å². The third-order valence-corrected chi connectivity index (χ3v) is 11.6. The van der Waals surface area contributed by atoms with Crippen LogP contribution in [0.3, 0.4) is 0 Å². The monoisotopic (exact) mass is 396 g/mol. The van der Waals surface area contributed by atoms with Gasteiger partial charge in [-0.05, 0) is 10.1 Å². The molecule has 0 bridgehead atoms. The first-order chi connectivity index (χ1) is 12.7. The summed E-state index contributed by atoms with van der Waals surface area (Å²) < 4.78 is 0. The van der Waals surface area contributed by atoms with Gasteiger partial charge in [-0.3, -0.25) is 0 Å². The summed E-state index contributed by atoms with van der Waals surface area (Å²) in [5.41, 5.74) is 0. The summed E-state index contributed by atoms with van der Waals surface area (Å²) in [7, 11) is -0.703. The molecule has 27 heavy (non-hydrogen) atoms. The Kier molecular flexibility index (Phi) is 16.2. The molecule has 0 aromatic carbocycles. The third kappa shape index (κ3) is 16.8. The zero-order valence-corrected chi connectivity index (χ0v) is 21.8. The van der Waals surface area contributed by atoms with Gasteiger partial charge in [-0.1, -0.05) is 157 Å². The molecule has 0 heterocycles. The first-order valence-electron chi connectivity index (χ1n) is 12.7. The van der Waals surface area contributed by atoms with Crippen molar-refractivity contribution in [3.63, 3.8) is 0 Å². The molecule has 0 aliphatic heterocycles. The van der Waals surface area contributed by atoms with Crippen LogP contribution in [0.5, 0.6) is 0 Å². The summed E-state index contributed by atoms with van der Waals surface area (Å²) in [6, 6.07) is 1.55. The quantitative estimate of drug-likeness (QED) is 0.169. The van der Waals surface area contributed by atoms with E-state index >= 15 is 0 Å². The van der Waals surface area contributed by atoms with Gasteiger partial charge in [-0.25, -0.2) is 0 Å². The van der Waals surface area contributed by atoms with E-state index in [4.69, 9.17) is 0 Å². The van der Waals surface area contributed by atoms with Crippen molar-refractivity contribution in [2.45, 2.75) is 167 Å². The van der Waals surface area contributed by atoms with Gasteiger partial charge in [0.05, 0.1) is 0 Å². The lowest BCUT2D eigenvalue weighted by Crippen LogP contribution is -2.34. The Morgan fingerprint density at radius 2 is 0.667 bits per heavy atom. The lowest BCUT2D eigenvalue weighted by Gasteiger charge is -2.39. The molecule has 0 rings (SSSR count). The largest absolute Gasteiger partial charge is 0.0654 e. The average Bonchev–Trinajstić information content (AvgIpc) is 2.55. The molecule has 0 spiro atoms. The van der Waals surface area contributed by atoms with Gasteiger partial charge in [-0.2, -0.15) is 0 Å². The van der Waals surface area contributed by atoms with Crippen molar-refractivity contribution in [1.29, 1.82) is 0 Å². The predicted octanol–water partition coefficient (Wildman–Crippen LogP) is 10.1. The molecule has 0 amide bonds. The zero-order valence-electron chi connectivity index (χ0n) is 20.6. The van der Waals surface area contributed by atoms with Gasteiger partial charge in [0.25, 0.3) is 0 Å². The molecular formula is C26H56Si. The van der Waals surface area contributed by atoms with E-state index in [1.165, 1.54) is 103 Å². The highest BCUT2D eigenvalue weighted by atomic mass is 28.3. The van der Waals surface area contributed by atoms with Gasteiger partial charge in [0.2, 0.25) is 0 Å². The fourth-order valence-electron chi connectivity index (χ4n) is 5.06. The maximum Gasteiger partial charge on any atom is 0.0477 e. The van der Waals surface area contributed by atoms with Gasteiger partial charge >= 0.3 is 0 Å². The minimum absolute atomic E-state index is 0.577. The molecule has 1 heteroatoms. The Morgan fingerprint density at radius 1 is 0.407 bits per heavy atom. The first kappa shape index (κ1) is 27.2. The van der Waals surface area contributed by atoms with Crippen molar-refractivity contribution >= 4 is 8.80 Å². The minimum Gasteiger partial charge on any atom is -0.0654 e. The van der Waals surface area contributed by atoms with Crippen LogP contribution >= 0.6 is 0 Å². The van der Waals surface area contributed by atoms with Crippen LogP contribution in [0.2, 0.25) is 16.1 Å². The highest BCUT2D eigenvalue weighted by Gasteiger charge is 2.35. The second kappa shape index (κ2) is 16.1. The summed E-state index contributed by atoms with van der Waals surface area (Å²) in [5, 5.41) is 1.15. The number of rotatable bonds is 17. The van der Waals surface area contributed by atoms with Crippen LogP contribution in [-0.4, -0.2) is 8.80 Å². The van der Waals surface area contributed by atoms with E-state index in [1.807, 2.05) is 0 Å². The van der Waals surface area contributed by atoms with E-state index in [0.717, 1.165) is 0 Å². The molecular weight excluding hydrogens is 340 g/mol. The minimum atomic E-state index is -0.703. The van der Waals surface area contributed by atoms with Gasteiger partial charge in [0, 0.05) is 8.80 Å². The maximum absolute atomic E-state index is 2.49. The average molecular weight is 397 g/mol. The summed E-state index contributed by atoms with van der Waals surface area (Å²) in [6.45, 7) is 17.2. The van der Waals surface area contributed by atoms with E-state index in [0.29, 0.717) is 10.1 Å². The molecule has 0 saturated heterocycles. The molecule has 0 aromatic rings. The summed E-state index contributed by atoms with van der Waals surface area (Å²) in [6.07, 6.45) is 23.6. The smallest absolute Gasteiger partial charge is 0.0477 e. The Labute approximate surface area is 176 Å². The van der Waals surface area contributed by atoms with E-state index in [2.05, 4.69) is 48.5 Å². The Balaban J connectivity index is 3.40. The summed E-state index contributed by atoms with van der Waals surface area (Å²) in [4.78, 5) is 0. The molecule has 164 valence electrons. The predicted molar refractivity (Wildman–Crippen MR) is 131 cm³/mol. The van der Waals surface area contributed by atoms with Gasteiger partial charge in [0.15, 0.2) is 0 Å². The molecule has 0 aromatic heterocycles. The van der Waals surface area contributed by atoms with Crippen molar-refractivity contribution in [2.24, 2.45) is 0 Å². The van der Waals surface area contributed by atoms with Crippen LogP contribution in [0.15, 0.2) is 0 Å². The Hall–Kier alpha value is 0.217. The normalized spacial score (nSPS) is 12.9. The standard InChI is InChI=1S/C26H56Si/c1-8-9-10-11-12-13-14-15-16-17-18-19-20-21-22-23-24-27(25(2,3)4)26(5,6)7/h27H,8-24H2,1-7H3. The second-order valence-corrected chi connectivity index (χ2v) is 16.5. The fourth-order valence-corrected chi connectivity index (χ4v) is 10.1. The van der Waals surface area contributed by atoms with Gasteiger partial charge < -0.3 is 0 Å². The van der Waals surface area contributed by atoms with Crippen molar-refractivity contribution in [3.8, 4) is 0 Å². The number of hydrogen-bond donors (Lipinski definition) is 0. The molecule has 0 atom stereocenters. The Morgan fingerprint density at radius 3 is 0.926 bits per heavy atom. The van der Waals surface area contributed by atoms with Crippen LogP contribution in [-0.2, 0) is 0 Å². The van der Waals surface area contributed by atoms with E-state index in [9.17, 15) is 0 Å². The Bertz CT molecular complexity index is 293. The molecule has 0 unspecified atom stereocenters. The molecule has 0 nitrogen and oxygen atoms in total. The molecule has 0 fully saturated rings. The highest BCUT2D eigenvalue weighted by molar-refractivity contribution is 6.65. The highest BCUT2D eigenvalue weighted by Crippen LogP contribution is 2.44. The second-order valence-electron chi connectivity index (χ2n) is 11.4. The number of unbranched alkanes of at least 4 members (excludes halogenated alkanes) is 15. The fraction of sp³-hybridized carbons (Fsp3) is 1.00. The molecule has 0 N–H and O–H groups in total. The summed E-state index contributed by atoms with van der Waals surface area (Å²) in [5.74, 6) is 0. The van der Waals surface area contributed by atoms with Crippen LogP contribution < -0.4 is 0 Å². The van der Waals surface area contributed by atoms with Crippen LogP contribution in [0, 0.1) is 0 Å². The van der Waals surface area contributed by atoms with Crippen molar-refractivity contribution in [3.05, 3.63) is 0 Å². The molecule has 0 aliphatic carbocycles. The van der Waals surface area contributed by atoms with E-state index < -0.39 is 8.80 Å². The maximum atomic E-state index is 2.49. The van der Waals surface area contributed by atoms with Crippen molar-refractivity contribution in [1.82, 2.24) is 0 Å². The van der Waals surface area contributed by atoms with Gasteiger partial charge in [-0.15, -0.1) is 0 Å². The SMILES string of the molecule is CCCCCCCCCCCCCCCCCC[SiH](C(C)(C)C)C(C)(C)C. The van der Waals surface area contributed by atoms with E-state index in [1.54, 1.807) is 6.04 Å². The lowest BCUT2D eigenvalue weighted by molar-refractivity contribution is 0.530. The zero-order chi connectivity index (χ0) is 20.6. The van der Waals surface area contributed by atoms with Crippen molar-refractivity contribution < 1.29 is 0 Å². The van der Waals surface area contributed by atoms with E-state index in [-0.39, 0.29) is 0 Å². The van der Waals surface area contributed by atoms with Crippen LogP contribution in [0.25, 0.3) is 0 Å². The van der Waals surface area contributed by atoms with Crippen LogP contribution in [0.4, 0.5) is 0 Å². The molecule has 0 radical (unpaired) electrons. The first-order valence-corrected chi connectivity index (χ1v) is 14.7. The summed E-state index contributed by atoms with van der Waals surface area (Å²) >= 11 is 0. The third-order valence-electron chi connectivity index (χ3n) is 6.44. The lowest BCUT2D eigenvalue weighted by atomic mass is 10.0.